The Kier molecular flexibility index (Phi) is 4.22. The van der Waals surface area contributed by atoms with E-state index in [4.69, 9.17) is 4.74 Å². The maximum Gasteiger partial charge on any atom is 0.387 e. The minimum atomic E-state index is -2.92. The van der Waals surface area contributed by atoms with Gasteiger partial charge in [-0.05, 0) is 13.0 Å². The lowest BCUT2D eigenvalue weighted by atomic mass is 10.1. The van der Waals surface area contributed by atoms with Crippen LogP contribution in [-0.4, -0.2) is 19.5 Å². The maximum absolute atomic E-state index is 12.1. The lowest BCUT2D eigenvalue weighted by molar-refractivity contribution is -0.116. The zero-order chi connectivity index (χ0) is 12.1. The van der Waals surface area contributed by atoms with Gasteiger partial charge in [0, 0.05) is 12.0 Å². The van der Waals surface area contributed by atoms with Crippen molar-refractivity contribution in [1.82, 2.24) is 0 Å². The Morgan fingerprint density at radius 3 is 2.62 bits per heavy atom. The maximum atomic E-state index is 12.1. The zero-order valence-corrected chi connectivity index (χ0v) is 9.00. The molecule has 1 aromatic rings. The molecule has 88 valence electrons. The van der Waals surface area contributed by atoms with Crippen molar-refractivity contribution in [2.24, 2.45) is 0 Å². The number of Topliss-reactive ketones (excluding diaryl/α,β-unsaturated/α-hetero) is 1. The van der Waals surface area contributed by atoms with E-state index in [1.54, 1.807) is 12.1 Å². The SMILES string of the molecule is COc1c(CC(C)=O)cccc1OC(F)F. The molecule has 0 heterocycles. The number of methoxy groups -OCH3 is 1. The first-order valence-electron chi connectivity index (χ1n) is 4.64. The number of ketones is 1. The van der Waals surface area contributed by atoms with Gasteiger partial charge >= 0.3 is 6.61 Å². The number of para-hydroxylation sites is 1. The van der Waals surface area contributed by atoms with E-state index in [-0.39, 0.29) is 23.7 Å². The predicted molar refractivity (Wildman–Crippen MR) is 54.0 cm³/mol. The van der Waals surface area contributed by atoms with Crippen LogP contribution in [0.15, 0.2) is 18.2 Å². The summed E-state index contributed by atoms with van der Waals surface area (Å²) >= 11 is 0. The van der Waals surface area contributed by atoms with Crippen molar-refractivity contribution < 1.29 is 23.0 Å². The summed E-state index contributed by atoms with van der Waals surface area (Å²) in [5.74, 6) is 0.0433. The van der Waals surface area contributed by atoms with Crippen molar-refractivity contribution in [3.8, 4) is 11.5 Å². The van der Waals surface area contributed by atoms with Gasteiger partial charge < -0.3 is 9.47 Å². The van der Waals surface area contributed by atoms with Crippen LogP contribution < -0.4 is 9.47 Å². The molecule has 0 unspecified atom stereocenters. The lowest BCUT2D eigenvalue weighted by Crippen LogP contribution is -2.06. The van der Waals surface area contributed by atoms with Crippen LogP contribution in [-0.2, 0) is 11.2 Å². The van der Waals surface area contributed by atoms with E-state index in [0.717, 1.165) is 0 Å². The van der Waals surface area contributed by atoms with Crippen LogP contribution in [0.3, 0.4) is 0 Å². The number of halogens is 2. The van der Waals surface area contributed by atoms with Gasteiger partial charge in [0.2, 0.25) is 0 Å². The molecule has 0 bridgehead atoms. The van der Waals surface area contributed by atoms with Crippen molar-refractivity contribution in [1.29, 1.82) is 0 Å². The number of rotatable bonds is 5. The normalized spacial score (nSPS) is 10.3. The quantitative estimate of drug-likeness (QED) is 0.779. The minimum absolute atomic E-state index is 0.0590. The van der Waals surface area contributed by atoms with E-state index in [0.29, 0.717) is 5.56 Å². The van der Waals surface area contributed by atoms with E-state index in [9.17, 15) is 13.6 Å². The van der Waals surface area contributed by atoms with Crippen molar-refractivity contribution in [3.05, 3.63) is 23.8 Å². The van der Waals surface area contributed by atoms with Crippen LogP contribution in [0.1, 0.15) is 12.5 Å². The molecular weight excluding hydrogens is 218 g/mol. The summed E-state index contributed by atoms with van der Waals surface area (Å²) in [5, 5.41) is 0. The van der Waals surface area contributed by atoms with E-state index in [1.165, 1.54) is 20.1 Å². The number of benzene rings is 1. The Hall–Kier alpha value is -1.65. The number of carbonyl (C=O) groups excluding carboxylic acids is 1. The summed E-state index contributed by atoms with van der Waals surface area (Å²) in [6.45, 7) is -1.50. The van der Waals surface area contributed by atoms with Gasteiger partial charge in [0.15, 0.2) is 11.5 Å². The van der Waals surface area contributed by atoms with Gasteiger partial charge in [0.1, 0.15) is 5.78 Å². The highest BCUT2D eigenvalue weighted by Gasteiger charge is 2.14. The molecule has 5 heteroatoms. The molecule has 0 amide bonds. The van der Waals surface area contributed by atoms with Crippen molar-refractivity contribution in [2.45, 2.75) is 20.0 Å². The Morgan fingerprint density at radius 2 is 2.12 bits per heavy atom. The van der Waals surface area contributed by atoms with E-state index >= 15 is 0 Å². The van der Waals surface area contributed by atoms with E-state index in [1.807, 2.05) is 0 Å². The number of ether oxygens (including phenoxy) is 2. The smallest absolute Gasteiger partial charge is 0.387 e. The van der Waals surface area contributed by atoms with Crippen LogP contribution >= 0.6 is 0 Å². The summed E-state index contributed by atoms with van der Waals surface area (Å²) in [5.41, 5.74) is 0.535. The third-order valence-corrected chi connectivity index (χ3v) is 1.92. The number of alkyl halides is 2. The Bertz CT molecular complexity index is 377. The summed E-state index contributed by atoms with van der Waals surface area (Å²) in [6, 6.07) is 4.55. The van der Waals surface area contributed by atoms with Gasteiger partial charge in [-0.1, -0.05) is 12.1 Å². The van der Waals surface area contributed by atoms with Crippen LogP contribution in [0.2, 0.25) is 0 Å². The fraction of sp³-hybridized carbons (Fsp3) is 0.364. The average molecular weight is 230 g/mol. The third-order valence-electron chi connectivity index (χ3n) is 1.92. The molecule has 0 spiro atoms. The molecule has 0 atom stereocenters. The molecular formula is C11H12F2O3. The number of hydrogen-bond acceptors (Lipinski definition) is 3. The van der Waals surface area contributed by atoms with Crippen LogP contribution in [0.4, 0.5) is 8.78 Å². The minimum Gasteiger partial charge on any atom is -0.493 e. The van der Waals surface area contributed by atoms with Gasteiger partial charge in [0.05, 0.1) is 7.11 Å². The summed E-state index contributed by atoms with van der Waals surface area (Å²) < 4.78 is 33.4. The van der Waals surface area contributed by atoms with Crippen LogP contribution in [0.25, 0.3) is 0 Å². The first kappa shape index (κ1) is 12.4. The molecule has 0 radical (unpaired) electrons. The van der Waals surface area contributed by atoms with E-state index in [2.05, 4.69) is 4.74 Å². The molecule has 1 rings (SSSR count). The monoisotopic (exact) mass is 230 g/mol. The third kappa shape index (κ3) is 3.18. The second-order valence-electron chi connectivity index (χ2n) is 3.21. The molecule has 0 fully saturated rings. The topological polar surface area (TPSA) is 35.5 Å². The van der Waals surface area contributed by atoms with Crippen molar-refractivity contribution in [3.63, 3.8) is 0 Å². The second kappa shape index (κ2) is 5.44. The van der Waals surface area contributed by atoms with Crippen molar-refractivity contribution >= 4 is 5.78 Å². The Morgan fingerprint density at radius 1 is 1.44 bits per heavy atom. The van der Waals surface area contributed by atoms with Gasteiger partial charge in [0.25, 0.3) is 0 Å². The average Bonchev–Trinajstić information content (AvgIpc) is 2.16. The first-order valence-corrected chi connectivity index (χ1v) is 4.64. The van der Waals surface area contributed by atoms with Crippen molar-refractivity contribution in [2.75, 3.05) is 7.11 Å². The molecule has 3 nitrogen and oxygen atoms in total. The summed E-state index contributed by atoms with van der Waals surface area (Å²) in [7, 11) is 1.34. The molecule has 0 saturated carbocycles. The summed E-state index contributed by atoms with van der Waals surface area (Å²) in [6.07, 6.45) is 0.129. The molecule has 0 aliphatic rings. The standard InChI is InChI=1S/C11H12F2O3/c1-7(14)6-8-4-3-5-9(10(8)15-2)16-11(12)13/h3-5,11H,6H2,1-2H3. The zero-order valence-electron chi connectivity index (χ0n) is 9.00. The number of hydrogen-bond donors (Lipinski definition) is 0. The van der Waals surface area contributed by atoms with Gasteiger partial charge in [-0.3, -0.25) is 4.79 Å². The second-order valence-corrected chi connectivity index (χ2v) is 3.21. The van der Waals surface area contributed by atoms with Gasteiger partial charge in [-0.15, -0.1) is 0 Å². The van der Waals surface area contributed by atoms with E-state index < -0.39 is 6.61 Å². The van der Waals surface area contributed by atoms with Gasteiger partial charge in [-0.2, -0.15) is 8.78 Å². The molecule has 0 aromatic heterocycles. The molecule has 1 aromatic carbocycles. The molecule has 0 N–H and O–H groups in total. The highest BCUT2D eigenvalue weighted by molar-refractivity contribution is 5.79. The highest BCUT2D eigenvalue weighted by Crippen LogP contribution is 2.32. The Balaban J connectivity index is 3.04. The predicted octanol–water partition coefficient (Wildman–Crippen LogP) is 2.43. The fourth-order valence-corrected chi connectivity index (χ4v) is 1.39. The van der Waals surface area contributed by atoms with Crippen LogP contribution in [0, 0.1) is 0 Å². The first-order chi connectivity index (χ1) is 7.54. The Labute approximate surface area is 92.0 Å². The fourth-order valence-electron chi connectivity index (χ4n) is 1.39. The summed E-state index contributed by atoms with van der Waals surface area (Å²) in [4.78, 5) is 11.0. The number of carbonyl (C=O) groups is 1. The highest BCUT2D eigenvalue weighted by atomic mass is 19.3. The van der Waals surface area contributed by atoms with Gasteiger partial charge in [-0.25, -0.2) is 0 Å². The molecule has 0 aliphatic carbocycles. The largest absolute Gasteiger partial charge is 0.493 e. The van der Waals surface area contributed by atoms with Crippen LogP contribution in [0.5, 0.6) is 11.5 Å². The molecule has 0 saturated heterocycles. The lowest BCUT2D eigenvalue weighted by Gasteiger charge is -2.12. The molecule has 16 heavy (non-hydrogen) atoms. The molecule has 0 aliphatic heterocycles.